The van der Waals surface area contributed by atoms with Crippen molar-refractivity contribution in [2.45, 2.75) is 63.1 Å². The molecule has 6 nitrogen and oxygen atoms in total. The number of carbonyl (C=O) groups excluding carboxylic acids is 1. The lowest BCUT2D eigenvalue weighted by atomic mass is 9.99. The number of ether oxygens (including phenoxy) is 1. The summed E-state index contributed by atoms with van der Waals surface area (Å²) >= 11 is 0. The number of anilines is 1. The molecule has 0 saturated carbocycles. The Morgan fingerprint density at radius 3 is 2.23 bits per heavy atom. The molecule has 0 spiro atoms. The molecule has 0 heterocycles. The van der Waals surface area contributed by atoms with E-state index in [1.54, 1.807) is 0 Å². The number of fused-ring (bicyclic) bond motifs is 2. The fourth-order valence-electron chi connectivity index (χ4n) is 4.44. The van der Waals surface area contributed by atoms with Crippen LogP contribution < -0.4 is 10.5 Å². The first kappa shape index (κ1) is 21.9. The Morgan fingerprint density at radius 1 is 1.10 bits per heavy atom. The minimum absolute atomic E-state index is 0.138. The third-order valence-corrected chi connectivity index (χ3v) is 7.30. The van der Waals surface area contributed by atoms with Gasteiger partial charge < -0.3 is 10.1 Å². The second-order valence-electron chi connectivity index (χ2n) is 7.93. The molecule has 9 heteroatoms. The maximum absolute atomic E-state index is 12.9. The van der Waals surface area contributed by atoms with E-state index in [1.165, 1.54) is 42.3 Å². The van der Waals surface area contributed by atoms with E-state index in [0.29, 0.717) is 5.56 Å². The van der Waals surface area contributed by atoms with Gasteiger partial charge in [0.05, 0.1) is 11.0 Å². The van der Waals surface area contributed by atoms with Gasteiger partial charge in [-0.25, -0.2) is 14.1 Å². The SMILES string of the molecule is C[C@@H](OC(F)F)c1ccc([S@](N)(=O)=NC(=O)Nc2c3c(cc4c2CCC4)CCC3)cc1. The average molecular weight is 450 g/mol. The quantitative estimate of drug-likeness (QED) is 0.680. The van der Waals surface area contributed by atoms with Crippen molar-refractivity contribution in [3.05, 3.63) is 58.1 Å². The van der Waals surface area contributed by atoms with E-state index in [0.717, 1.165) is 55.3 Å². The zero-order chi connectivity index (χ0) is 22.2. The topological polar surface area (TPSA) is 93.8 Å². The zero-order valence-electron chi connectivity index (χ0n) is 17.2. The van der Waals surface area contributed by atoms with E-state index in [2.05, 4.69) is 20.5 Å². The molecule has 0 saturated heterocycles. The number of amides is 2. The number of urea groups is 1. The van der Waals surface area contributed by atoms with Crippen LogP contribution in [0, 0.1) is 0 Å². The first-order chi connectivity index (χ1) is 14.7. The Labute approximate surface area is 180 Å². The number of hydrogen-bond donors (Lipinski definition) is 2. The van der Waals surface area contributed by atoms with Crippen LogP contribution in [0.15, 0.2) is 39.6 Å². The highest BCUT2D eigenvalue weighted by molar-refractivity contribution is 7.91. The molecule has 0 unspecified atom stereocenters. The van der Waals surface area contributed by atoms with Gasteiger partial charge in [0.1, 0.15) is 9.92 Å². The molecule has 2 aliphatic carbocycles. The first-order valence-corrected chi connectivity index (χ1v) is 11.9. The number of aryl methyl sites for hydroxylation is 2. The largest absolute Gasteiger partial charge is 0.354 e. The van der Waals surface area contributed by atoms with E-state index in [1.807, 2.05) is 0 Å². The standard InChI is InChI=1S/C22H25F2N3O3S/c1-13(30-21(23)24)14-8-10-17(11-9-14)31(25,29)27-22(28)26-20-18-6-2-4-15(18)12-16-5-3-7-19(16)20/h8-13,21H,2-7H2,1H3,(H3,25,26,27,28,29)/t13-,31-/m1/s1. The van der Waals surface area contributed by atoms with Crippen molar-refractivity contribution in [1.82, 2.24) is 0 Å². The Morgan fingerprint density at radius 2 is 1.68 bits per heavy atom. The fraction of sp³-hybridized carbons (Fsp3) is 0.409. The van der Waals surface area contributed by atoms with Crippen LogP contribution in [-0.4, -0.2) is 16.9 Å². The highest BCUT2D eigenvalue weighted by Gasteiger charge is 2.25. The van der Waals surface area contributed by atoms with Gasteiger partial charge in [0.25, 0.3) is 0 Å². The number of alkyl halides is 2. The van der Waals surface area contributed by atoms with Crippen molar-refractivity contribution in [3.8, 4) is 0 Å². The molecule has 166 valence electrons. The monoisotopic (exact) mass is 449 g/mol. The van der Waals surface area contributed by atoms with Gasteiger partial charge in [0.15, 0.2) is 0 Å². The van der Waals surface area contributed by atoms with Crippen LogP contribution in [-0.2, 0) is 40.3 Å². The fourth-order valence-corrected chi connectivity index (χ4v) is 5.36. The lowest BCUT2D eigenvalue weighted by Gasteiger charge is -2.15. The Hall–Kier alpha value is -2.36. The van der Waals surface area contributed by atoms with Crippen molar-refractivity contribution in [2.75, 3.05) is 5.32 Å². The van der Waals surface area contributed by atoms with Crippen LogP contribution in [0.2, 0.25) is 0 Å². The van der Waals surface area contributed by atoms with Gasteiger partial charge in [-0.15, -0.1) is 4.36 Å². The minimum Gasteiger partial charge on any atom is -0.315 e. The minimum atomic E-state index is -3.50. The molecule has 0 fully saturated rings. The number of nitrogens with zero attached hydrogens (tertiary/aromatic N) is 1. The van der Waals surface area contributed by atoms with Crippen molar-refractivity contribution < 1.29 is 22.5 Å². The van der Waals surface area contributed by atoms with Gasteiger partial charge >= 0.3 is 12.6 Å². The molecule has 0 bridgehead atoms. The summed E-state index contributed by atoms with van der Waals surface area (Å²) in [5, 5.41) is 8.73. The van der Waals surface area contributed by atoms with Crippen molar-refractivity contribution in [3.63, 3.8) is 0 Å². The first-order valence-electron chi connectivity index (χ1n) is 10.3. The van der Waals surface area contributed by atoms with Gasteiger partial charge in [0, 0.05) is 5.69 Å². The van der Waals surface area contributed by atoms with Crippen LogP contribution >= 0.6 is 0 Å². The van der Waals surface area contributed by atoms with Crippen molar-refractivity contribution >= 4 is 21.6 Å². The second-order valence-corrected chi connectivity index (χ2v) is 9.72. The van der Waals surface area contributed by atoms with Crippen LogP contribution in [0.5, 0.6) is 0 Å². The number of carbonyl (C=O) groups is 1. The molecular weight excluding hydrogens is 424 g/mol. The Balaban J connectivity index is 1.57. The average Bonchev–Trinajstić information content (AvgIpc) is 3.36. The molecule has 0 aromatic heterocycles. The maximum atomic E-state index is 12.9. The normalized spacial score (nSPS) is 17.7. The molecule has 3 N–H and O–H groups in total. The van der Waals surface area contributed by atoms with E-state index in [-0.39, 0.29) is 4.90 Å². The molecule has 0 radical (unpaired) electrons. The second kappa shape index (κ2) is 8.64. The van der Waals surface area contributed by atoms with E-state index < -0.39 is 28.7 Å². The molecule has 2 aromatic carbocycles. The smallest absolute Gasteiger partial charge is 0.315 e. The summed E-state index contributed by atoms with van der Waals surface area (Å²) in [6, 6.07) is 7.30. The predicted octanol–water partition coefficient (Wildman–Crippen LogP) is 4.90. The van der Waals surface area contributed by atoms with Gasteiger partial charge in [0.2, 0.25) is 0 Å². The van der Waals surface area contributed by atoms with Crippen molar-refractivity contribution in [2.24, 2.45) is 9.50 Å². The van der Waals surface area contributed by atoms with Crippen molar-refractivity contribution in [1.29, 1.82) is 0 Å². The predicted molar refractivity (Wildman–Crippen MR) is 114 cm³/mol. The molecule has 4 rings (SSSR count). The number of benzene rings is 2. The molecule has 2 aromatic rings. The number of rotatable bonds is 5. The Bertz CT molecular complexity index is 1090. The maximum Gasteiger partial charge on any atom is 0.354 e. The number of halogens is 2. The van der Waals surface area contributed by atoms with E-state index >= 15 is 0 Å². The summed E-state index contributed by atoms with van der Waals surface area (Å²) in [5.41, 5.74) is 6.09. The summed E-state index contributed by atoms with van der Waals surface area (Å²) < 4.78 is 45.9. The molecular formula is C22H25F2N3O3S. The Kier molecular flexibility index (Phi) is 6.09. The van der Waals surface area contributed by atoms with Crippen LogP contribution in [0.25, 0.3) is 0 Å². The highest BCUT2D eigenvalue weighted by Crippen LogP contribution is 2.38. The number of hydrogen-bond acceptors (Lipinski definition) is 3. The van der Waals surface area contributed by atoms with Gasteiger partial charge in [-0.2, -0.15) is 8.78 Å². The third kappa shape index (κ3) is 4.63. The lowest BCUT2D eigenvalue weighted by molar-refractivity contribution is -0.159. The summed E-state index contributed by atoms with van der Waals surface area (Å²) in [7, 11) is -3.50. The molecule has 31 heavy (non-hydrogen) atoms. The lowest BCUT2D eigenvalue weighted by Crippen LogP contribution is -2.19. The van der Waals surface area contributed by atoms with E-state index in [9.17, 15) is 17.8 Å². The summed E-state index contributed by atoms with van der Waals surface area (Å²) in [5.74, 6) is 0. The molecule has 0 aliphatic heterocycles. The molecule has 2 aliphatic rings. The van der Waals surface area contributed by atoms with E-state index in [4.69, 9.17) is 5.14 Å². The van der Waals surface area contributed by atoms with Crippen LogP contribution in [0.4, 0.5) is 19.3 Å². The summed E-state index contributed by atoms with van der Waals surface area (Å²) in [6.07, 6.45) is 5.04. The molecule has 2 atom stereocenters. The van der Waals surface area contributed by atoms with Crippen LogP contribution in [0.3, 0.4) is 0 Å². The van der Waals surface area contributed by atoms with Gasteiger partial charge in [-0.3, -0.25) is 0 Å². The zero-order valence-corrected chi connectivity index (χ0v) is 18.0. The molecule has 2 amide bonds. The highest BCUT2D eigenvalue weighted by atomic mass is 32.2. The van der Waals surface area contributed by atoms with Gasteiger partial charge in [-0.05, 0) is 85.4 Å². The number of nitrogens with two attached hydrogens (primary N) is 1. The number of nitrogens with one attached hydrogen (secondary N) is 1. The summed E-state index contributed by atoms with van der Waals surface area (Å²) in [4.78, 5) is 12.8. The van der Waals surface area contributed by atoms with Crippen LogP contribution in [0.1, 0.15) is 53.7 Å². The third-order valence-electron chi connectivity index (χ3n) is 5.92. The summed E-state index contributed by atoms with van der Waals surface area (Å²) in [6.45, 7) is -1.41. The van der Waals surface area contributed by atoms with Gasteiger partial charge in [-0.1, -0.05) is 18.2 Å².